The van der Waals surface area contributed by atoms with Crippen LogP contribution in [0.4, 0.5) is 0 Å². The Kier molecular flexibility index (Phi) is 4.47. The van der Waals surface area contributed by atoms with E-state index in [1.54, 1.807) is 0 Å². The summed E-state index contributed by atoms with van der Waals surface area (Å²) in [5.41, 5.74) is 6.23. The smallest absolute Gasteiger partial charge is 0.248 e. The van der Waals surface area contributed by atoms with Crippen molar-refractivity contribution in [2.24, 2.45) is 0 Å². The third-order valence-electron chi connectivity index (χ3n) is 4.91. The Morgan fingerprint density at radius 3 is 1.14 bits per heavy atom. The summed E-state index contributed by atoms with van der Waals surface area (Å²) in [5, 5.41) is 8.73. The van der Waals surface area contributed by atoms with Crippen LogP contribution in [0.25, 0.3) is 45.2 Å². The first-order valence-corrected chi connectivity index (χ1v) is 9.53. The molecular weight excluding hydrogens is 356 g/mol. The minimum absolute atomic E-state index is 0.516. The first kappa shape index (κ1) is 17.1. The van der Waals surface area contributed by atoms with Crippen LogP contribution in [0.5, 0.6) is 0 Å². The number of aromatic nitrogens is 2. The lowest BCUT2D eigenvalue weighted by atomic mass is 9.99. The minimum Gasteiger partial charge on any atom is -0.416 e. The average Bonchev–Trinajstić information content (AvgIpc) is 3.30. The van der Waals surface area contributed by atoms with Gasteiger partial charge < -0.3 is 4.42 Å². The van der Waals surface area contributed by atoms with Crippen LogP contribution >= 0.6 is 0 Å². The Labute approximate surface area is 169 Å². The summed E-state index contributed by atoms with van der Waals surface area (Å²) >= 11 is 0. The van der Waals surface area contributed by atoms with E-state index in [0.29, 0.717) is 11.8 Å². The number of benzene rings is 4. The molecule has 0 amide bonds. The van der Waals surface area contributed by atoms with Crippen molar-refractivity contribution in [3.05, 3.63) is 109 Å². The van der Waals surface area contributed by atoms with E-state index in [9.17, 15) is 0 Å². The van der Waals surface area contributed by atoms with Crippen LogP contribution in [-0.4, -0.2) is 10.2 Å². The molecule has 0 bridgehead atoms. The molecule has 3 nitrogen and oxygen atoms in total. The molecule has 1 heterocycles. The van der Waals surface area contributed by atoms with Gasteiger partial charge in [0.05, 0.1) is 0 Å². The summed E-state index contributed by atoms with van der Waals surface area (Å²) in [6.07, 6.45) is 0. The van der Waals surface area contributed by atoms with Crippen LogP contribution in [0.1, 0.15) is 0 Å². The van der Waals surface area contributed by atoms with Crippen molar-refractivity contribution in [2.45, 2.75) is 0 Å². The highest BCUT2D eigenvalue weighted by atomic mass is 16.4. The van der Waals surface area contributed by atoms with E-state index >= 15 is 0 Å². The van der Waals surface area contributed by atoms with Gasteiger partial charge in [-0.1, -0.05) is 97.1 Å². The Morgan fingerprint density at radius 2 is 0.724 bits per heavy atom. The maximum Gasteiger partial charge on any atom is 0.248 e. The number of hydrogen-bond acceptors (Lipinski definition) is 3. The van der Waals surface area contributed by atoms with Gasteiger partial charge >= 0.3 is 0 Å². The SMILES string of the molecule is c1ccc(-c2ccccc2-c2nnc(-c3ccccc3-c3ccccc3)o2)cc1. The summed E-state index contributed by atoms with van der Waals surface area (Å²) in [6, 6.07) is 36.7. The lowest BCUT2D eigenvalue weighted by Crippen LogP contribution is -1.84. The molecule has 0 saturated carbocycles. The number of rotatable bonds is 4. The molecule has 0 N–H and O–H groups in total. The molecule has 0 atom stereocenters. The fraction of sp³-hybridized carbons (Fsp3) is 0. The highest BCUT2D eigenvalue weighted by Gasteiger charge is 2.17. The van der Waals surface area contributed by atoms with Crippen molar-refractivity contribution in [3.63, 3.8) is 0 Å². The molecule has 29 heavy (non-hydrogen) atoms. The van der Waals surface area contributed by atoms with Crippen LogP contribution in [0.3, 0.4) is 0 Å². The summed E-state index contributed by atoms with van der Waals surface area (Å²) < 4.78 is 6.16. The van der Waals surface area contributed by atoms with E-state index < -0.39 is 0 Å². The summed E-state index contributed by atoms with van der Waals surface area (Å²) in [6.45, 7) is 0. The standard InChI is InChI=1S/C26H18N2O/c1-3-11-19(12-4-1)21-15-7-9-17-23(21)25-27-28-26(29-25)24-18-10-8-16-22(24)20-13-5-2-6-14-20/h1-18H. The maximum atomic E-state index is 6.16. The Hall–Kier alpha value is -3.98. The van der Waals surface area contributed by atoms with Crippen LogP contribution in [0, 0.1) is 0 Å². The van der Waals surface area contributed by atoms with Gasteiger partial charge in [0, 0.05) is 11.1 Å². The molecule has 0 saturated heterocycles. The molecule has 3 heteroatoms. The number of nitrogens with zero attached hydrogens (tertiary/aromatic N) is 2. The molecule has 5 rings (SSSR count). The Morgan fingerprint density at radius 1 is 0.379 bits per heavy atom. The van der Waals surface area contributed by atoms with Crippen molar-refractivity contribution in [1.82, 2.24) is 10.2 Å². The van der Waals surface area contributed by atoms with Crippen molar-refractivity contribution < 1.29 is 4.42 Å². The summed E-state index contributed by atoms with van der Waals surface area (Å²) in [4.78, 5) is 0. The zero-order valence-corrected chi connectivity index (χ0v) is 15.7. The van der Waals surface area contributed by atoms with E-state index in [2.05, 4.69) is 46.6 Å². The normalized spacial score (nSPS) is 10.8. The molecule has 0 aliphatic rings. The molecule has 0 fully saturated rings. The van der Waals surface area contributed by atoms with Gasteiger partial charge in [0.1, 0.15) is 0 Å². The first-order valence-electron chi connectivity index (χ1n) is 9.53. The minimum atomic E-state index is 0.516. The van der Waals surface area contributed by atoms with E-state index in [-0.39, 0.29) is 0 Å². The van der Waals surface area contributed by atoms with Gasteiger partial charge in [-0.3, -0.25) is 0 Å². The average molecular weight is 374 g/mol. The van der Waals surface area contributed by atoms with Crippen molar-refractivity contribution >= 4 is 0 Å². The fourth-order valence-electron chi connectivity index (χ4n) is 3.52. The topological polar surface area (TPSA) is 38.9 Å². The second-order valence-corrected chi connectivity index (χ2v) is 6.74. The van der Waals surface area contributed by atoms with E-state index in [1.165, 1.54) is 0 Å². The highest BCUT2D eigenvalue weighted by Crippen LogP contribution is 2.35. The molecule has 0 aliphatic carbocycles. The van der Waals surface area contributed by atoms with Gasteiger partial charge in [0.25, 0.3) is 0 Å². The summed E-state index contributed by atoms with van der Waals surface area (Å²) in [5.74, 6) is 1.03. The molecule has 138 valence electrons. The van der Waals surface area contributed by atoms with Gasteiger partial charge in [-0.2, -0.15) is 0 Å². The second kappa shape index (κ2) is 7.56. The zero-order chi connectivity index (χ0) is 19.5. The zero-order valence-electron chi connectivity index (χ0n) is 15.7. The third kappa shape index (κ3) is 3.34. The predicted octanol–water partition coefficient (Wildman–Crippen LogP) is 6.74. The quantitative estimate of drug-likeness (QED) is 0.350. The molecule has 0 aliphatic heterocycles. The molecule has 0 spiro atoms. The lowest BCUT2D eigenvalue weighted by Gasteiger charge is -2.07. The van der Waals surface area contributed by atoms with Crippen LogP contribution in [0.2, 0.25) is 0 Å². The van der Waals surface area contributed by atoms with Gasteiger partial charge in [0.2, 0.25) is 11.8 Å². The predicted molar refractivity (Wildman–Crippen MR) is 116 cm³/mol. The van der Waals surface area contributed by atoms with Gasteiger partial charge in [0.15, 0.2) is 0 Å². The van der Waals surface area contributed by atoms with Crippen LogP contribution in [-0.2, 0) is 0 Å². The van der Waals surface area contributed by atoms with Crippen LogP contribution in [0.15, 0.2) is 114 Å². The summed E-state index contributed by atoms with van der Waals surface area (Å²) in [7, 11) is 0. The Bertz CT molecular complexity index is 1150. The fourth-order valence-corrected chi connectivity index (χ4v) is 3.52. The van der Waals surface area contributed by atoms with E-state index in [1.807, 2.05) is 72.8 Å². The third-order valence-corrected chi connectivity index (χ3v) is 4.91. The molecular formula is C26H18N2O. The van der Waals surface area contributed by atoms with Crippen LogP contribution < -0.4 is 0 Å². The van der Waals surface area contributed by atoms with Gasteiger partial charge in [-0.25, -0.2) is 0 Å². The second-order valence-electron chi connectivity index (χ2n) is 6.74. The van der Waals surface area contributed by atoms with Crippen molar-refractivity contribution in [3.8, 4) is 45.2 Å². The van der Waals surface area contributed by atoms with E-state index in [4.69, 9.17) is 4.42 Å². The lowest BCUT2D eigenvalue weighted by molar-refractivity contribution is 0.585. The molecule has 0 radical (unpaired) electrons. The molecule has 4 aromatic carbocycles. The molecule has 5 aromatic rings. The largest absolute Gasteiger partial charge is 0.416 e. The highest BCUT2D eigenvalue weighted by molar-refractivity contribution is 5.82. The number of hydrogen-bond donors (Lipinski definition) is 0. The first-order chi connectivity index (χ1) is 14.4. The van der Waals surface area contributed by atoms with Crippen molar-refractivity contribution in [1.29, 1.82) is 0 Å². The monoisotopic (exact) mass is 374 g/mol. The van der Waals surface area contributed by atoms with Gasteiger partial charge in [-0.15, -0.1) is 10.2 Å². The van der Waals surface area contributed by atoms with Gasteiger partial charge in [-0.05, 0) is 34.4 Å². The molecule has 1 aromatic heterocycles. The molecule has 0 unspecified atom stereocenters. The Balaban J connectivity index is 1.60. The van der Waals surface area contributed by atoms with E-state index in [0.717, 1.165) is 33.4 Å². The maximum absolute atomic E-state index is 6.16. The van der Waals surface area contributed by atoms with Crippen molar-refractivity contribution in [2.75, 3.05) is 0 Å².